The number of amides is 2. The lowest BCUT2D eigenvalue weighted by atomic mass is 9.82. The molecule has 1 saturated carbocycles. The molecule has 0 bridgehead atoms. The fraction of sp³-hybridized carbons (Fsp3) is 0.407. The third-order valence-electron chi connectivity index (χ3n) is 6.32. The van der Waals surface area contributed by atoms with Crippen LogP contribution in [0.5, 0.6) is 11.5 Å². The number of aromatic nitrogens is 4. The molecule has 3 N–H and O–H groups in total. The molecule has 0 spiro atoms. The number of rotatable bonds is 12. The minimum atomic E-state index is -0.254. The maximum absolute atomic E-state index is 12.4. The van der Waals surface area contributed by atoms with Gasteiger partial charge in [-0.2, -0.15) is 5.10 Å². The fourth-order valence-electron chi connectivity index (χ4n) is 4.42. The largest absolute Gasteiger partial charge is 0.506 e. The number of pyridine rings is 2. The van der Waals surface area contributed by atoms with Crippen molar-refractivity contribution in [1.82, 2.24) is 25.5 Å². The molecule has 1 aliphatic carbocycles. The van der Waals surface area contributed by atoms with Crippen LogP contribution < -0.4 is 15.4 Å². The summed E-state index contributed by atoms with van der Waals surface area (Å²) in [7, 11) is 0. The van der Waals surface area contributed by atoms with E-state index in [9.17, 15) is 14.7 Å². The summed E-state index contributed by atoms with van der Waals surface area (Å²) in [6, 6.07) is 6.68. The van der Waals surface area contributed by atoms with E-state index in [1.54, 1.807) is 24.4 Å². The minimum absolute atomic E-state index is 0.0477. The molecule has 12 nitrogen and oxygen atoms in total. The lowest BCUT2D eigenvalue weighted by Crippen LogP contribution is -2.27. The van der Waals surface area contributed by atoms with Gasteiger partial charge in [0, 0.05) is 29.9 Å². The first-order valence-electron chi connectivity index (χ1n) is 13.2. The number of hydrogen-bond acceptors (Lipinski definition) is 12. The van der Waals surface area contributed by atoms with Gasteiger partial charge < -0.3 is 20.5 Å². The SMILES string of the molecule is C=N/N=C(\SCNC(=O)Cc1ccc(OCC)cn1)C1CCC[C@H](c2nnc(NC(=O)Cc3ccc(O)cn3)s2)C1. The monoisotopic (exact) mass is 596 g/mol. The summed E-state index contributed by atoms with van der Waals surface area (Å²) < 4.78 is 5.39. The molecule has 3 aromatic heterocycles. The van der Waals surface area contributed by atoms with Crippen LogP contribution in [0.15, 0.2) is 46.9 Å². The van der Waals surface area contributed by atoms with E-state index >= 15 is 0 Å². The third-order valence-corrected chi connectivity index (χ3v) is 8.32. The molecule has 14 heteroatoms. The summed E-state index contributed by atoms with van der Waals surface area (Å²) in [5.41, 5.74) is 1.21. The number of nitrogens with zero attached hydrogens (tertiary/aromatic N) is 6. The van der Waals surface area contributed by atoms with E-state index in [0.29, 0.717) is 34.8 Å². The van der Waals surface area contributed by atoms with Crippen LogP contribution in [-0.2, 0) is 22.4 Å². The molecule has 0 aliphatic heterocycles. The smallest absolute Gasteiger partial charge is 0.232 e. The Hall–Kier alpha value is -3.91. The molecule has 3 heterocycles. The molecule has 1 aliphatic rings. The molecule has 216 valence electrons. The predicted molar refractivity (Wildman–Crippen MR) is 160 cm³/mol. The highest BCUT2D eigenvalue weighted by atomic mass is 32.2. The van der Waals surface area contributed by atoms with Gasteiger partial charge in [-0.25, -0.2) is 0 Å². The molecule has 1 unspecified atom stereocenters. The van der Waals surface area contributed by atoms with Crippen molar-refractivity contribution >= 4 is 51.8 Å². The quantitative estimate of drug-likeness (QED) is 0.122. The molecule has 1 fully saturated rings. The zero-order valence-electron chi connectivity index (χ0n) is 22.7. The van der Waals surface area contributed by atoms with Gasteiger partial charge in [-0.15, -0.1) is 15.3 Å². The number of thioether (sulfide) groups is 1. The van der Waals surface area contributed by atoms with Crippen LogP contribution in [-0.4, -0.2) is 61.3 Å². The first-order valence-corrected chi connectivity index (χ1v) is 15.0. The van der Waals surface area contributed by atoms with Gasteiger partial charge in [0.2, 0.25) is 16.9 Å². The number of hydrogen-bond donors (Lipinski definition) is 3. The molecule has 2 amide bonds. The van der Waals surface area contributed by atoms with E-state index < -0.39 is 0 Å². The zero-order valence-corrected chi connectivity index (χ0v) is 24.3. The van der Waals surface area contributed by atoms with Crippen molar-refractivity contribution in [3.8, 4) is 11.5 Å². The summed E-state index contributed by atoms with van der Waals surface area (Å²) in [5, 5.41) is 33.7. The van der Waals surface area contributed by atoms with Crippen LogP contribution in [0, 0.1) is 5.92 Å². The van der Waals surface area contributed by atoms with Gasteiger partial charge in [0.15, 0.2) is 0 Å². The van der Waals surface area contributed by atoms with Gasteiger partial charge in [-0.1, -0.05) is 29.5 Å². The number of nitrogens with one attached hydrogen (secondary N) is 2. The Balaban J connectivity index is 1.26. The number of carbonyl (C=O) groups is 2. The summed E-state index contributed by atoms with van der Waals surface area (Å²) in [4.78, 5) is 33.2. The Bertz CT molecular complexity index is 1350. The van der Waals surface area contributed by atoms with Crippen molar-refractivity contribution in [3.63, 3.8) is 0 Å². The molecule has 2 atom stereocenters. The molecule has 41 heavy (non-hydrogen) atoms. The van der Waals surface area contributed by atoms with E-state index in [2.05, 4.69) is 47.7 Å². The van der Waals surface area contributed by atoms with E-state index in [1.165, 1.54) is 35.4 Å². The normalized spacial score (nSPS) is 17.0. The highest BCUT2D eigenvalue weighted by Gasteiger charge is 2.29. The van der Waals surface area contributed by atoms with E-state index in [1.807, 2.05) is 6.92 Å². The number of aromatic hydroxyl groups is 1. The lowest BCUT2D eigenvalue weighted by molar-refractivity contribution is -0.120. The first-order chi connectivity index (χ1) is 19.9. The van der Waals surface area contributed by atoms with Crippen molar-refractivity contribution in [3.05, 3.63) is 53.1 Å². The Kier molecular flexibility index (Phi) is 11.1. The minimum Gasteiger partial charge on any atom is -0.506 e. The van der Waals surface area contributed by atoms with Crippen LogP contribution in [0.4, 0.5) is 5.13 Å². The second-order valence-electron chi connectivity index (χ2n) is 9.30. The van der Waals surface area contributed by atoms with E-state index in [-0.39, 0.29) is 42.2 Å². The number of ether oxygens (including phenoxy) is 1. The van der Waals surface area contributed by atoms with Gasteiger partial charge in [-0.05, 0) is 50.5 Å². The Labute approximate surface area is 246 Å². The second kappa shape index (κ2) is 15.2. The highest BCUT2D eigenvalue weighted by Crippen LogP contribution is 2.40. The van der Waals surface area contributed by atoms with E-state index in [4.69, 9.17) is 4.74 Å². The summed E-state index contributed by atoms with van der Waals surface area (Å²) in [6.45, 7) is 5.99. The molecule has 0 radical (unpaired) electrons. The van der Waals surface area contributed by atoms with E-state index in [0.717, 1.165) is 35.7 Å². The second-order valence-corrected chi connectivity index (χ2v) is 11.3. The van der Waals surface area contributed by atoms with Crippen molar-refractivity contribution in [2.45, 2.75) is 51.4 Å². The molecular weight excluding hydrogens is 564 g/mol. The van der Waals surface area contributed by atoms with Gasteiger partial charge in [-0.3, -0.25) is 19.6 Å². The Morgan fingerprint density at radius 3 is 2.61 bits per heavy atom. The van der Waals surface area contributed by atoms with Crippen molar-refractivity contribution < 1.29 is 19.4 Å². The molecule has 0 saturated heterocycles. The summed E-state index contributed by atoms with van der Waals surface area (Å²) >= 11 is 2.81. The van der Waals surface area contributed by atoms with Gasteiger partial charge in [0.05, 0.1) is 37.7 Å². The Morgan fingerprint density at radius 1 is 1.12 bits per heavy atom. The van der Waals surface area contributed by atoms with Crippen LogP contribution in [0.2, 0.25) is 0 Å². The first kappa shape index (κ1) is 30.1. The Morgan fingerprint density at radius 2 is 1.90 bits per heavy atom. The molecular formula is C27H32N8O4S2. The standard InChI is InChI=1S/C27H32N8O4S2/c1-3-39-22-10-8-20(30-15-22)12-23(37)31-16-40-25(33-28-2)17-5-4-6-18(11-17)26-34-35-27(41-26)32-24(38)13-19-7-9-21(36)14-29-19/h7-10,14-15,17-18,36H,2-6,11-13,16H2,1H3,(H,31,37)(H,32,35,38)/b33-25-/t17?,18-/m0/s1. The third kappa shape index (κ3) is 9.32. The number of carbonyl (C=O) groups excluding carboxylic acids is 2. The van der Waals surface area contributed by atoms with Gasteiger partial charge in [0.25, 0.3) is 0 Å². The van der Waals surface area contributed by atoms with Crippen molar-refractivity contribution in [2.24, 2.45) is 16.1 Å². The average Bonchev–Trinajstić information content (AvgIpc) is 3.43. The molecule has 3 aromatic rings. The van der Waals surface area contributed by atoms with Crippen LogP contribution in [0.25, 0.3) is 0 Å². The molecule has 0 aromatic carbocycles. The topological polar surface area (TPSA) is 164 Å². The fourth-order valence-corrected chi connectivity index (χ4v) is 6.27. The van der Waals surface area contributed by atoms with Crippen molar-refractivity contribution in [1.29, 1.82) is 0 Å². The number of anilines is 1. The maximum Gasteiger partial charge on any atom is 0.232 e. The molecule has 4 rings (SSSR count). The van der Waals surface area contributed by atoms with Gasteiger partial charge >= 0.3 is 0 Å². The zero-order chi connectivity index (χ0) is 29.0. The van der Waals surface area contributed by atoms with Crippen molar-refractivity contribution in [2.75, 3.05) is 17.8 Å². The average molecular weight is 597 g/mol. The van der Waals surface area contributed by atoms with Crippen LogP contribution in [0.1, 0.15) is 54.9 Å². The predicted octanol–water partition coefficient (Wildman–Crippen LogP) is 3.95. The lowest BCUT2D eigenvalue weighted by Gasteiger charge is -2.28. The highest BCUT2D eigenvalue weighted by molar-refractivity contribution is 8.13. The summed E-state index contributed by atoms with van der Waals surface area (Å²) in [5.74, 6) is 1.01. The maximum atomic E-state index is 12.4. The van der Waals surface area contributed by atoms with Crippen LogP contribution >= 0.6 is 23.1 Å². The van der Waals surface area contributed by atoms with Crippen LogP contribution in [0.3, 0.4) is 0 Å². The summed E-state index contributed by atoms with van der Waals surface area (Å²) in [6.07, 6.45) is 6.86. The van der Waals surface area contributed by atoms with Gasteiger partial charge in [0.1, 0.15) is 21.6 Å².